The number of hydrogen-bond donors (Lipinski definition) is 1. The van der Waals surface area contributed by atoms with Crippen molar-refractivity contribution in [2.24, 2.45) is 21.9 Å². The summed E-state index contributed by atoms with van der Waals surface area (Å²) in [6, 6.07) is 12.3. The monoisotopic (exact) mass is 402 g/mol. The van der Waals surface area contributed by atoms with Gasteiger partial charge in [-0.2, -0.15) is 5.10 Å². The molecule has 1 aliphatic heterocycles. The zero-order valence-corrected chi connectivity index (χ0v) is 17.1. The summed E-state index contributed by atoms with van der Waals surface area (Å²) in [6.07, 6.45) is 5.43. The second kappa shape index (κ2) is 9.66. The quantitative estimate of drug-likeness (QED) is 0.361. The number of ether oxygens (including phenoxy) is 2. The molecule has 2 fully saturated rings. The highest BCUT2D eigenvalue weighted by molar-refractivity contribution is 6.37. The van der Waals surface area contributed by atoms with Crippen LogP contribution in [0, 0.1) is 24.7 Å². The highest BCUT2D eigenvalue weighted by atomic mass is 16.7. The number of nitrogens with zero attached hydrogens (tertiary/aromatic N) is 3. The van der Waals surface area contributed by atoms with Crippen LogP contribution in [0.4, 0.5) is 0 Å². The van der Waals surface area contributed by atoms with Gasteiger partial charge in [0, 0.05) is 23.6 Å². The maximum Gasteiger partial charge on any atom is 0.176 e. The molecule has 4 rings (SSSR count). The fourth-order valence-electron chi connectivity index (χ4n) is 3.27. The minimum atomic E-state index is -0.366. The number of rotatable bonds is 5. The predicted octanol–water partition coefficient (Wildman–Crippen LogP) is 3.04. The van der Waals surface area contributed by atoms with Crippen molar-refractivity contribution < 1.29 is 9.47 Å². The van der Waals surface area contributed by atoms with Crippen LogP contribution in [0.15, 0.2) is 52.7 Å². The predicted molar refractivity (Wildman–Crippen MR) is 118 cm³/mol. The minimum absolute atomic E-state index is 0.251. The number of aromatic nitrogens is 1. The first-order valence-corrected chi connectivity index (χ1v) is 10.3. The zero-order chi connectivity index (χ0) is 20.8. The van der Waals surface area contributed by atoms with Crippen molar-refractivity contribution >= 4 is 11.9 Å². The highest BCUT2D eigenvalue weighted by Gasteiger charge is 2.23. The van der Waals surface area contributed by atoms with Gasteiger partial charge in [-0.15, -0.1) is 0 Å². The van der Waals surface area contributed by atoms with E-state index in [4.69, 9.17) is 15.3 Å². The van der Waals surface area contributed by atoms with E-state index < -0.39 is 0 Å². The number of aliphatic imine (C=N–C) groups is 1. The van der Waals surface area contributed by atoms with E-state index in [2.05, 4.69) is 39.1 Å². The number of aryl methyl sites for hydroxylation is 1. The van der Waals surface area contributed by atoms with Crippen LogP contribution in [0.2, 0.25) is 0 Å². The van der Waals surface area contributed by atoms with E-state index in [0.717, 1.165) is 11.1 Å². The number of hydrogen-bond acceptors (Lipinski definition) is 6. The van der Waals surface area contributed by atoms with Gasteiger partial charge in [-0.25, -0.2) is 0 Å². The number of pyridine rings is 1. The molecule has 2 aromatic rings. The van der Waals surface area contributed by atoms with E-state index in [1.165, 1.54) is 18.4 Å². The Morgan fingerprint density at radius 2 is 2.00 bits per heavy atom. The molecule has 2 N–H and O–H groups in total. The average Bonchev–Trinajstić information content (AvgIpc) is 3.62. The molecule has 6 nitrogen and oxygen atoms in total. The molecule has 30 heavy (non-hydrogen) atoms. The number of hydrazone groups is 1. The Bertz CT molecular complexity index is 979. The normalized spacial score (nSPS) is 22.0. The summed E-state index contributed by atoms with van der Waals surface area (Å²) < 4.78 is 11.6. The van der Waals surface area contributed by atoms with E-state index >= 15 is 0 Å². The summed E-state index contributed by atoms with van der Waals surface area (Å²) >= 11 is 0. The lowest BCUT2D eigenvalue weighted by Crippen LogP contribution is -2.32. The van der Waals surface area contributed by atoms with E-state index in [1.807, 2.05) is 31.2 Å². The van der Waals surface area contributed by atoms with Crippen LogP contribution < -0.4 is 5.84 Å². The molecule has 2 heterocycles. The lowest BCUT2D eigenvalue weighted by atomic mass is 10.0. The average molecular weight is 402 g/mol. The highest BCUT2D eigenvalue weighted by Crippen LogP contribution is 2.27. The molecule has 0 radical (unpaired) electrons. The largest absolute Gasteiger partial charge is 0.350 e. The SMILES string of the molecule is Cc1cc(C#CC2CC2)cnc1/C(C=NCC1OCC(c2ccccc2)CO1)=N/N. The molecule has 6 heteroatoms. The maximum atomic E-state index is 5.82. The molecule has 0 bridgehead atoms. The van der Waals surface area contributed by atoms with Crippen LogP contribution in [0.25, 0.3) is 0 Å². The van der Waals surface area contributed by atoms with Crippen molar-refractivity contribution in [3.05, 3.63) is 65.0 Å². The van der Waals surface area contributed by atoms with Gasteiger partial charge >= 0.3 is 0 Å². The lowest BCUT2D eigenvalue weighted by Gasteiger charge is -2.28. The first kappa shape index (κ1) is 20.3. The van der Waals surface area contributed by atoms with Gasteiger partial charge in [-0.05, 0) is 37.0 Å². The molecule has 0 spiro atoms. The van der Waals surface area contributed by atoms with Gasteiger partial charge in [-0.1, -0.05) is 42.2 Å². The van der Waals surface area contributed by atoms with Crippen molar-refractivity contribution in [2.45, 2.75) is 32.0 Å². The Labute approximate surface area is 177 Å². The molecular weight excluding hydrogens is 376 g/mol. The van der Waals surface area contributed by atoms with E-state index in [0.29, 0.717) is 37.1 Å². The van der Waals surface area contributed by atoms with Gasteiger partial charge in [-0.3, -0.25) is 9.98 Å². The molecule has 1 saturated heterocycles. The molecular formula is C24H26N4O2. The van der Waals surface area contributed by atoms with Gasteiger partial charge in [0.05, 0.1) is 31.7 Å². The van der Waals surface area contributed by atoms with Crippen molar-refractivity contribution in [1.82, 2.24) is 4.98 Å². The fourth-order valence-corrected chi connectivity index (χ4v) is 3.27. The Hall–Kier alpha value is -3.01. The van der Waals surface area contributed by atoms with E-state index in [9.17, 15) is 0 Å². The zero-order valence-electron chi connectivity index (χ0n) is 17.1. The van der Waals surface area contributed by atoms with Crippen LogP contribution in [-0.2, 0) is 9.47 Å². The van der Waals surface area contributed by atoms with Crippen molar-refractivity contribution in [3.8, 4) is 11.8 Å². The third-order valence-corrected chi connectivity index (χ3v) is 5.16. The minimum Gasteiger partial charge on any atom is -0.350 e. The van der Waals surface area contributed by atoms with Gasteiger partial charge in [0.1, 0.15) is 5.71 Å². The van der Waals surface area contributed by atoms with Gasteiger partial charge < -0.3 is 15.3 Å². The van der Waals surface area contributed by atoms with Crippen molar-refractivity contribution in [3.63, 3.8) is 0 Å². The Balaban J connectivity index is 1.31. The van der Waals surface area contributed by atoms with Gasteiger partial charge in [0.15, 0.2) is 6.29 Å². The smallest absolute Gasteiger partial charge is 0.176 e. The Kier molecular flexibility index (Phi) is 6.53. The molecule has 154 valence electrons. The van der Waals surface area contributed by atoms with E-state index in [1.54, 1.807) is 12.4 Å². The second-order valence-corrected chi connectivity index (χ2v) is 7.65. The number of nitrogens with two attached hydrogens (primary N) is 1. The molecule has 1 aromatic carbocycles. The molecule has 1 saturated carbocycles. The maximum absolute atomic E-state index is 5.82. The summed E-state index contributed by atoms with van der Waals surface area (Å²) in [6.45, 7) is 3.59. The fraction of sp³-hybridized carbons (Fsp3) is 0.375. The topological polar surface area (TPSA) is 82.1 Å². The van der Waals surface area contributed by atoms with Crippen LogP contribution in [0.5, 0.6) is 0 Å². The lowest BCUT2D eigenvalue weighted by molar-refractivity contribution is -0.180. The summed E-state index contributed by atoms with van der Waals surface area (Å²) in [5.41, 5.74) is 4.32. The Morgan fingerprint density at radius 1 is 1.23 bits per heavy atom. The van der Waals surface area contributed by atoms with Crippen LogP contribution in [0.1, 0.15) is 41.1 Å². The first-order valence-electron chi connectivity index (χ1n) is 10.3. The Morgan fingerprint density at radius 3 is 2.67 bits per heavy atom. The summed E-state index contributed by atoms with van der Waals surface area (Å²) in [5, 5.41) is 3.85. The molecule has 1 aliphatic carbocycles. The van der Waals surface area contributed by atoms with Gasteiger partial charge in [0.2, 0.25) is 0 Å². The third-order valence-electron chi connectivity index (χ3n) is 5.16. The van der Waals surface area contributed by atoms with Crippen LogP contribution in [0.3, 0.4) is 0 Å². The molecule has 0 unspecified atom stereocenters. The molecule has 0 atom stereocenters. The molecule has 0 amide bonds. The summed E-state index contributed by atoms with van der Waals surface area (Å²) in [5.74, 6) is 12.8. The van der Waals surface area contributed by atoms with E-state index in [-0.39, 0.29) is 12.2 Å². The second-order valence-electron chi connectivity index (χ2n) is 7.65. The van der Waals surface area contributed by atoms with Crippen molar-refractivity contribution in [2.75, 3.05) is 19.8 Å². The summed E-state index contributed by atoms with van der Waals surface area (Å²) in [4.78, 5) is 8.91. The van der Waals surface area contributed by atoms with Gasteiger partial charge in [0.25, 0.3) is 0 Å². The van der Waals surface area contributed by atoms with Crippen LogP contribution in [-0.4, -0.2) is 43.0 Å². The first-order chi connectivity index (χ1) is 14.7. The van der Waals surface area contributed by atoms with Crippen molar-refractivity contribution in [1.29, 1.82) is 0 Å². The summed E-state index contributed by atoms with van der Waals surface area (Å²) in [7, 11) is 0. The molecule has 2 aliphatic rings. The third kappa shape index (κ3) is 5.32. The molecule has 1 aromatic heterocycles. The number of benzene rings is 1. The standard InChI is InChI=1S/C24H26N4O2/c1-17-11-19(10-9-18-7-8-18)12-27-24(17)22(28-25)13-26-14-23-29-15-21(16-30-23)20-5-3-2-4-6-20/h2-6,11-13,18,21,23H,7-8,14-16,25H2,1H3/b26-13?,28-22+. The van der Waals surface area contributed by atoms with Crippen LogP contribution >= 0.6 is 0 Å².